The molecule has 0 spiro atoms. The second-order valence-corrected chi connectivity index (χ2v) is 7.42. The smallest absolute Gasteiger partial charge is 0.260 e. The SMILES string of the molecule is O=C1NC(=O)c2cccc(-c3cc4ccccc4o3)c2C1=CNCc1ccc(O)c(O)c1. The molecule has 0 radical (unpaired) electrons. The van der Waals surface area contributed by atoms with Gasteiger partial charge in [0.2, 0.25) is 0 Å². The van der Waals surface area contributed by atoms with Crippen molar-refractivity contribution in [3.05, 3.63) is 89.6 Å². The van der Waals surface area contributed by atoms with Crippen LogP contribution < -0.4 is 10.6 Å². The fourth-order valence-corrected chi connectivity index (χ4v) is 3.79. The highest BCUT2D eigenvalue weighted by Crippen LogP contribution is 2.36. The van der Waals surface area contributed by atoms with E-state index in [9.17, 15) is 19.8 Å². The van der Waals surface area contributed by atoms with Gasteiger partial charge in [-0.3, -0.25) is 14.9 Å². The van der Waals surface area contributed by atoms with Crippen LogP contribution in [-0.2, 0) is 11.3 Å². The van der Waals surface area contributed by atoms with Crippen molar-refractivity contribution in [2.45, 2.75) is 6.54 Å². The van der Waals surface area contributed by atoms with Crippen molar-refractivity contribution in [2.24, 2.45) is 0 Å². The Balaban J connectivity index is 1.56. The molecule has 1 aromatic heterocycles. The molecule has 1 aliphatic rings. The van der Waals surface area contributed by atoms with E-state index in [1.807, 2.05) is 36.4 Å². The van der Waals surface area contributed by atoms with Crippen LogP contribution >= 0.6 is 0 Å². The van der Waals surface area contributed by atoms with E-state index in [-0.39, 0.29) is 11.5 Å². The number of hydrogen-bond donors (Lipinski definition) is 4. The average Bonchev–Trinajstić information content (AvgIpc) is 3.22. The lowest BCUT2D eigenvalue weighted by Gasteiger charge is -2.21. The van der Waals surface area contributed by atoms with Crippen LogP contribution in [0.3, 0.4) is 0 Å². The third-order valence-electron chi connectivity index (χ3n) is 5.33. The molecule has 0 saturated heterocycles. The molecule has 7 heteroatoms. The molecule has 2 amide bonds. The summed E-state index contributed by atoms with van der Waals surface area (Å²) in [5.74, 6) is -0.868. The lowest BCUT2D eigenvalue weighted by molar-refractivity contribution is -0.114. The Labute approximate surface area is 182 Å². The number of phenols is 2. The monoisotopic (exact) mass is 426 g/mol. The van der Waals surface area contributed by atoms with Crippen molar-refractivity contribution >= 4 is 28.4 Å². The van der Waals surface area contributed by atoms with Crippen LogP contribution in [0.15, 0.2) is 77.3 Å². The summed E-state index contributed by atoms with van der Waals surface area (Å²) in [5.41, 5.74) is 3.20. The van der Waals surface area contributed by atoms with Crippen LogP contribution in [0.2, 0.25) is 0 Å². The molecule has 0 saturated carbocycles. The first kappa shape index (κ1) is 19.4. The number of furan rings is 1. The molecule has 0 atom stereocenters. The number of imide groups is 1. The first-order valence-electron chi connectivity index (χ1n) is 9.93. The molecular formula is C25H18N2O5. The standard InChI is InChI=1S/C25H18N2O5/c28-19-9-8-14(10-20(19)29)12-26-13-18-23-16(5-3-6-17(23)24(30)27-25(18)31)22-11-15-4-1-2-7-21(15)32-22/h1-11,13,26,28-29H,12H2,(H,27,30,31). The number of para-hydroxylation sites is 1. The highest BCUT2D eigenvalue weighted by atomic mass is 16.3. The Hall–Kier alpha value is -4.52. The number of hydrogen-bond acceptors (Lipinski definition) is 6. The Bertz CT molecular complexity index is 1380. The fraction of sp³-hybridized carbons (Fsp3) is 0.0400. The van der Waals surface area contributed by atoms with Crippen molar-refractivity contribution in [2.75, 3.05) is 0 Å². The van der Waals surface area contributed by atoms with Gasteiger partial charge in [0.05, 0.1) is 5.57 Å². The van der Waals surface area contributed by atoms with Crippen molar-refractivity contribution in [3.8, 4) is 22.8 Å². The minimum Gasteiger partial charge on any atom is -0.504 e. The van der Waals surface area contributed by atoms with E-state index in [1.54, 1.807) is 18.2 Å². The minimum atomic E-state index is -0.521. The van der Waals surface area contributed by atoms with Gasteiger partial charge in [0.25, 0.3) is 11.8 Å². The van der Waals surface area contributed by atoms with E-state index in [4.69, 9.17) is 4.42 Å². The predicted molar refractivity (Wildman–Crippen MR) is 119 cm³/mol. The van der Waals surface area contributed by atoms with Crippen LogP contribution in [0, 0.1) is 0 Å². The third-order valence-corrected chi connectivity index (χ3v) is 5.33. The van der Waals surface area contributed by atoms with E-state index in [0.29, 0.717) is 45.7 Å². The molecule has 0 fully saturated rings. The summed E-state index contributed by atoms with van der Waals surface area (Å²) in [6.07, 6.45) is 1.54. The maximum Gasteiger partial charge on any atom is 0.260 e. The van der Waals surface area contributed by atoms with E-state index in [2.05, 4.69) is 10.6 Å². The molecule has 7 nitrogen and oxygen atoms in total. The minimum absolute atomic E-state index is 0.207. The van der Waals surface area contributed by atoms with Crippen LogP contribution in [0.1, 0.15) is 21.5 Å². The molecule has 3 aromatic carbocycles. The summed E-state index contributed by atoms with van der Waals surface area (Å²) in [7, 11) is 0. The summed E-state index contributed by atoms with van der Waals surface area (Å²) in [6.45, 7) is 0.292. The van der Waals surface area contributed by atoms with Crippen molar-refractivity contribution in [1.29, 1.82) is 0 Å². The zero-order valence-electron chi connectivity index (χ0n) is 16.8. The summed E-state index contributed by atoms with van der Waals surface area (Å²) in [5, 5.41) is 25.5. The summed E-state index contributed by atoms with van der Waals surface area (Å²) < 4.78 is 6.00. The van der Waals surface area contributed by atoms with Crippen LogP contribution in [0.5, 0.6) is 11.5 Å². The zero-order valence-corrected chi connectivity index (χ0v) is 16.8. The van der Waals surface area contributed by atoms with Crippen LogP contribution in [0.25, 0.3) is 27.9 Å². The number of carbonyl (C=O) groups excluding carboxylic acids is 2. The van der Waals surface area contributed by atoms with E-state index < -0.39 is 11.8 Å². The fourth-order valence-electron chi connectivity index (χ4n) is 3.79. The largest absolute Gasteiger partial charge is 0.504 e. The number of amides is 2. The van der Waals surface area contributed by atoms with Gasteiger partial charge < -0.3 is 19.9 Å². The number of nitrogens with one attached hydrogen (secondary N) is 2. The highest BCUT2D eigenvalue weighted by Gasteiger charge is 2.30. The quantitative estimate of drug-likeness (QED) is 0.224. The van der Waals surface area contributed by atoms with Crippen molar-refractivity contribution in [1.82, 2.24) is 10.6 Å². The number of carbonyl (C=O) groups is 2. The van der Waals surface area contributed by atoms with Gasteiger partial charge in [-0.1, -0.05) is 36.4 Å². The maximum atomic E-state index is 12.7. The average molecular weight is 426 g/mol. The first-order valence-corrected chi connectivity index (χ1v) is 9.93. The van der Waals surface area contributed by atoms with Gasteiger partial charge in [-0.05, 0) is 35.9 Å². The first-order chi connectivity index (χ1) is 15.5. The zero-order chi connectivity index (χ0) is 22.2. The lowest BCUT2D eigenvalue weighted by Crippen LogP contribution is -2.37. The predicted octanol–water partition coefficient (Wildman–Crippen LogP) is 3.91. The van der Waals surface area contributed by atoms with Gasteiger partial charge in [0, 0.05) is 34.8 Å². The topological polar surface area (TPSA) is 112 Å². The van der Waals surface area contributed by atoms with E-state index >= 15 is 0 Å². The summed E-state index contributed by atoms with van der Waals surface area (Å²) >= 11 is 0. The Morgan fingerprint density at radius 1 is 0.875 bits per heavy atom. The van der Waals surface area contributed by atoms with Gasteiger partial charge >= 0.3 is 0 Å². The molecule has 1 aliphatic heterocycles. The molecule has 4 aromatic rings. The Morgan fingerprint density at radius 2 is 1.69 bits per heavy atom. The molecule has 32 heavy (non-hydrogen) atoms. The third kappa shape index (κ3) is 3.35. The lowest BCUT2D eigenvalue weighted by atomic mass is 9.89. The number of aromatic hydroxyl groups is 2. The molecule has 0 aliphatic carbocycles. The van der Waals surface area contributed by atoms with Crippen LogP contribution in [0.4, 0.5) is 0 Å². The number of phenolic OH excluding ortho intramolecular Hbond substituents is 2. The Kier molecular flexibility index (Phi) is 4.63. The van der Waals surface area contributed by atoms with Crippen molar-refractivity contribution in [3.63, 3.8) is 0 Å². The highest BCUT2D eigenvalue weighted by molar-refractivity contribution is 6.32. The van der Waals surface area contributed by atoms with Gasteiger partial charge in [-0.25, -0.2) is 0 Å². The molecule has 5 rings (SSSR count). The molecule has 158 valence electrons. The van der Waals surface area contributed by atoms with Crippen molar-refractivity contribution < 1.29 is 24.2 Å². The maximum absolute atomic E-state index is 12.7. The molecule has 2 heterocycles. The normalized spacial score (nSPS) is 14.4. The van der Waals surface area contributed by atoms with Gasteiger partial charge in [0.15, 0.2) is 11.5 Å². The van der Waals surface area contributed by atoms with Gasteiger partial charge in [-0.15, -0.1) is 0 Å². The van der Waals surface area contributed by atoms with Crippen LogP contribution in [-0.4, -0.2) is 22.0 Å². The molecular weight excluding hydrogens is 408 g/mol. The summed E-state index contributed by atoms with van der Waals surface area (Å²) in [6, 6.07) is 19.2. The second kappa shape index (κ2) is 7.63. The van der Waals surface area contributed by atoms with Gasteiger partial charge in [-0.2, -0.15) is 0 Å². The Morgan fingerprint density at radius 3 is 2.50 bits per heavy atom. The summed E-state index contributed by atoms with van der Waals surface area (Å²) in [4.78, 5) is 25.2. The number of benzene rings is 3. The van der Waals surface area contributed by atoms with E-state index in [1.165, 1.54) is 18.3 Å². The van der Waals surface area contributed by atoms with E-state index in [0.717, 1.165) is 5.39 Å². The number of fused-ring (bicyclic) bond motifs is 2. The second-order valence-electron chi connectivity index (χ2n) is 7.42. The number of rotatable bonds is 4. The molecule has 4 N–H and O–H groups in total. The molecule has 0 unspecified atom stereocenters. The van der Waals surface area contributed by atoms with Gasteiger partial charge in [0.1, 0.15) is 11.3 Å². The molecule has 0 bridgehead atoms.